The molecule has 0 radical (unpaired) electrons. The number of nitrogens with one attached hydrogen (secondary N) is 1. The van der Waals surface area contributed by atoms with Gasteiger partial charge >= 0.3 is 7.82 Å². The van der Waals surface area contributed by atoms with Gasteiger partial charge in [0.15, 0.2) is 0 Å². The number of carbonyl (C=O) groups is 1. The number of hydrogen-bond acceptors (Lipinski definition) is 5. The SMILES string of the molecule is CC/C=C\C/C=C\C/C=C\C/C=C\C/C=C\C/C=C\C/C=C\CCCCCCCCCCCCCCCC(=O)NC(COP(=O)(O)OCC[N+](C)(C)C)C(O)/C=C/CCCCCCCCCCCCCCCCCCCC. The molecule has 0 aliphatic rings. The van der Waals surface area contributed by atoms with Crippen LogP contribution >= 0.6 is 7.82 Å². The van der Waals surface area contributed by atoms with Crippen LogP contribution in [-0.4, -0.2) is 73.4 Å². The maximum absolute atomic E-state index is 13.0. The highest BCUT2D eigenvalue weighted by Gasteiger charge is 2.27. The van der Waals surface area contributed by atoms with Crippen molar-refractivity contribution in [1.29, 1.82) is 0 Å². The lowest BCUT2D eigenvalue weighted by molar-refractivity contribution is -0.870. The minimum Gasteiger partial charge on any atom is -0.387 e. The number of phosphoric acid groups is 1. The lowest BCUT2D eigenvalue weighted by Crippen LogP contribution is -2.45. The van der Waals surface area contributed by atoms with Gasteiger partial charge in [-0.15, -0.1) is 0 Å². The van der Waals surface area contributed by atoms with Crippen molar-refractivity contribution in [3.05, 3.63) is 97.2 Å². The van der Waals surface area contributed by atoms with Crippen LogP contribution in [0.4, 0.5) is 0 Å². The van der Waals surface area contributed by atoms with Crippen LogP contribution in [0.3, 0.4) is 0 Å². The molecule has 0 aromatic heterocycles. The van der Waals surface area contributed by atoms with Gasteiger partial charge < -0.3 is 19.8 Å². The first kappa shape index (κ1) is 74.4. The molecule has 77 heavy (non-hydrogen) atoms. The van der Waals surface area contributed by atoms with E-state index in [4.69, 9.17) is 9.05 Å². The van der Waals surface area contributed by atoms with E-state index in [0.29, 0.717) is 17.4 Å². The van der Waals surface area contributed by atoms with E-state index in [2.05, 4.69) is 104 Å². The first-order chi connectivity index (χ1) is 37.5. The van der Waals surface area contributed by atoms with Crippen LogP contribution in [0.15, 0.2) is 97.2 Å². The summed E-state index contributed by atoms with van der Waals surface area (Å²) in [6.45, 7) is 4.72. The van der Waals surface area contributed by atoms with Crippen molar-refractivity contribution in [3.63, 3.8) is 0 Å². The number of quaternary nitrogens is 1. The van der Waals surface area contributed by atoms with Crippen molar-refractivity contribution in [1.82, 2.24) is 5.32 Å². The van der Waals surface area contributed by atoms with Gasteiger partial charge in [-0.25, -0.2) is 4.57 Å². The number of likely N-dealkylation sites (N-methyl/N-ethyl adjacent to an activating group) is 1. The molecule has 3 N–H and O–H groups in total. The highest BCUT2D eigenvalue weighted by molar-refractivity contribution is 7.47. The molecule has 446 valence electrons. The van der Waals surface area contributed by atoms with E-state index < -0.39 is 20.0 Å². The second kappa shape index (κ2) is 58.1. The van der Waals surface area contributed by atoms with Crippen molar-refractivity contribution >= 4 is 13.7 Å². The van der Waals surface area contributed by atoms with E-state index in [1.807, 2.05) is 27.2 Å². The Morgan fingerprint density at radius 1 is 0.455 bits per heavy atom. The fraction of sp³-hybridized carbons (Fsp3) is 0.750. The van der Waals surface area contributed by atoms with Gasteiger partial charge in [0.2, 0.25) is 5.91 Å². The Morgan fingerprint density at radius 3 is 1.14 bits per heavy atom. The summed E-state index contributed by atoms with van der Waals surface area (Å²) in [6.07, 6.45) is 83.8. The average Bonchev–Trinajstić information content (AvgIpc) is 3.39. The second-order valence-corrected chi connectivity index (χ2v) is 24.2. The van der Waals surface area contributed by atoms with Gasteiger partial charge in [-0.1, -0.05) is 291 Å². The van der Waals surface area contributed by atoms with Crippen LogP contribution in [0.2, 0.25) is 0 Å². The standard InChI is InChI=1S/C68H123N2O6P/c1-6-8-10-12-14-16-18-20-22-24-26-28-29-30-31-32-33-34-35-36-37-38-39-40-41-42-44-46-48-50-52-54-56-58-60-62-68(72)69-66(65-76-77(73,74)75-64-63-70(3,4)5)67(71)61-59-57-55-53-51-49-47-45-43-27-25-23-21-19-17-15-13-11-9-7-2/h8,10,14,16,20,22,26,28,30-31,33-34,36-37,59,61,66-67,71H,6-7,9,11-13,15,17-19,21,23-25,27,29,32,35,38-58,60,62-65H2,1-5H3,(H-,69,72,73,74)/p+1/b10-8-,16-14-,22-20-,28-26-,31-30-,34-33-,37-36-,61-59+. The van der Waals surface area contributed by atoms with Gasteiger partial charge in [0.1, 0.15) is 13.2 Å². The molecule has 3 unspecified atom stereocenters. The quantitative estimate of drug-likeness (QED) is 0.0243. The van der Waals surface area contributed by atoms with E-state index in [9.17, 15) is 19.4 Å². The first-order valence-electron chi connectivity index (χ1n) is 32.1. The third kappa shape index (κ3) is 60.9. The van der Waals surface area contributed by atoms with E-state index >= 15 is 0 Å². The number of amides is 1. The van der Waals surface area contributed by atoms with E-state index in [1.54, 1.807) is 6.08 Å². The third-order valence-electron chi connectivity index (χ3n) is 14.1. The summed E-state index contributed by atoms with van der Waals surface area (Å²) in [7, 11) is 1.57. The minimum absolute atomic E-state index is 0.0585. The number of aliphatic hydroxyl groups is 1. The maximum atomic E-state index is 13.0. The molecule has 0 aromatic carbocycles. The topological polar surface area (TPSA) is 105 Å². The van der Waals surface area contributed by atoms with Crippen molar-refractivity contribution < 1.29 is 32.9 Å². The maximum Gasteiger partial charge on any atom is 0.472 e. The molecule has 0 rings (SSSR count). The molecule has 0 aromatic rings. The smallest absolute Gasteiger partial charge is 0.387 e. The lowest BCUT2D eigenvalue weighted by Gasteiger charge is -2.25. The zero-order valence-corrected chi connectivity index (χ0v) is 51.8. The number of phosphoric ester groups is 1. The summed E-state index contributed by atoms with van der Waals surface area (Å²) < 4.78 is 23.8. The van der Waals surface area contributed by atoms with Crippen molar-refractivity contribution in [3.8, 4) is 0 Å². The minimum atomic E-state index is -4.35. The Balaban J connectivity index is 4.12. The summed E-state index contributed by atoms with van der Waals surface area (Å²) in [5.41, 5.74) is 0. The number of hydrogen-bond donors (Lipinski definition) is 3. The fourth-order valence-corrected chi connectivity index (χ4v) is 9.82. The zero-order chi connectivity index (χ0) is 56.3. The molecule has 0 saturated heterocycles. The molecule has 0 bridgehead atoms. The number of carbonyl (C=O) groups excluding carboxylic acids is 1. The Hall–Kier alpha value is -2.58. The predicted octanol–water partition coefficient (Wildman–Crippen LogP) is 20.2. The highest BCUT2D eigenvalue weighted by atomic mass is 31.2. The molecular formula is C68H124N2O6P+. The summed E-state index contributed by atoms with van der Waals surface area (Å²) >= 11 is 0. The van der Waals surface area contributed by atoms with Crippen LogP contribution < -0.4 is 5.32 Å². The molecular weight excluding hydrogens is 972 g/mol. The van der Waals surface area contributed by atoms with E-state index in [0.717, 1.165) is 83.5 Å². The molecule has 8 nitrogen and oxygen atoms in total. The number of aliphatic hydroxyl groups excluding tert-OH is 1. The summed E-state index contributed by atoms with van der Waals surface area (Å²) in [5.74, 6) is -0.179. The van der Waals surface area contributed by atoms with Gasteiger partial charge in [0.05, 0.1) is 39.9 Å². The van der Waals surface area contributed by atoms with E-state index in [1.165, 1.54) is 173 Å². The second-order valence-electron chi connectivity index (χ2n) is 22.8. The number of unbranched alkanes of at least 4 members (excludes halogenated alkanes) is 31. The summed E-state index contributed by atoms with van der Waals surface area (Å²) in [6, 6.07) is -0.853. The lowest BCUT2D eigenvalue weighted by atomic mass is 10.0. The first-order valence-corrected chi connectivity index (χ1v) is 33.6. The normalized spacial score (nSPS) is 14.4. The molecule has 3 atom stereocenters. The van der Waals surface area contributed by atoms with Crippen LogP contribution in [0.5, 0.6) is 0 Å². The van der Waals surface area contributed by atoms with E-state index in [-0.39, 0.29) is 19.1 Å². The van der Waals surface area contributed by atoms with Crippen molar-refractivity contribution in [2.45, 2.75) is 289 Å². The zero-order valence-electron chi connectivity index (χ0n) is 50.9. The molecule has 0 fully saturated rings. The molecule has 0 spiro atoms. The number of nitrogens with zero attached hydrogens (tertiary/aromatic N) is 1. The van der Waals surface area contributed by atoms with Gasteiger partial charge in [0.25, 0.3) is 0 Å². The van der Waals surface area contributed by atoms with Gasteiger partial charge in [-0.05, 0) is 77.0 Å². The van der Waals surface area contributed by atoms with Gasteiger partial charge in [0, 0.05) is 6.42 Å². The molecule has 0 aliphatic heterocycles. The summed E-state index contributed by atoms with van der Waals surface area (Å²) in [5, 5.41) is 14.0. The fourth-order valence-electron chi connectivity index (χ4n) is 9.08. The number of rotatable bonds is 58. The molecule has 0 saturated carbocycles. The highest BCUT2D eigenvalue weighted by Crippen LogP contribution is 2.43. The third-order valence-corrected chi connectivity index (χ3v) is 15.0. The molecule has 9 heteroatoms. The largest absolute Gasteiger partial charge is 0.472 e. The Morgan fingerprint density at radius 2 is 0.779 bits per heavy atom. The van der Waals surface area contributed by atoms with Crippen LogP contribution in [0.25, 0.3) is 0 Å². The summed E-state index contributed by atoms with van der Waals surface area (Å²) in [4.78, 5) is 23.4. The van der Waals surface area contributed by atoms with Gasteiger partial charge in [-0.3, -0.25) is 13.8 Å². The van der Waals surface area contributed by atoms with Crippen molar-refractivity contribution in [2.24, 2.45) is 0 Å². The van der Waals surface area contributed by atoms with Crippen molar-refractivity contribution in [2.75, 3.05) is 40.9 Å². The Bertz CT molecular complexity index is 1570. The van der Waals surface area contributed by atoms with Crippen LogP contribution in [0.1, 0.15) is 277 Å². The number of allylic oxidation sites excluding steroid dienone is 15. The monoisotopic (exact) mass is 1100 g/mol. The predicted molar refractivity (Wildman–Crippen MR) is 336 cm³/mol. The van der Waals surface area contributed by atoms with Crippen LogP contribution in [0, 0.1) is 0 Å². The average molecular weight is 1100 g/mol. The van der Waals surface area contributed by atoms with Crippen LogP contribution in [-0.2, 0) is 18.4 Å². The van der Waals surface area contributed by atoms with Gasteiger partial charge in [-0.2, -0.15) is 0 Å². The Labute approximate surface area is 477 Å². The molecule has 0 aliphatic carbocycles. The Kier molecular flexibility index (Phi) is 56.1. The molecule has 0 heterocycles. The molecule has 1 amide bonds.